The standard InChI is InChI=1S/C16H21N5/c1-12-13(2)19-16(11-18-12)21-9-7-20(8-10-21)15-6-4-3-5-14(15)17/h3-6,11H,7-10,17H2,1-2H3. The first-order chi connectivity index (χ1) is 10.1. The molecule has 0 radical (unpaired) electrons. The van der Waals surface area contributed by atoms with Crippen molar-refractivity contribution in [2.45, 2.75) is 13.8 Å². The van der Waals surface area contributed by atoms with Gasteiger partial charge in [0.05, 0.1) is 29.0 Å². The van der Waals surface area contributed by atoms with Crippen LogP contribution in [0.1, 0.15) is 11.4 Å². The first kappa shape index (κ1) is 13.7. The molecular weight excluding hydrogens is 262 g/mol. The summed E-state index contributed by atoms with van der Waals surface area (Å²) >= 11 is 0. The molecule has 2 aromatic rings. The molecule has 2 heterocycles. The number of piperazine rings is 1. The van der Waals surface area contributed by atoms with Gasteiger partial charge < -0.3 is 15.5 Å². The Morgan fingerprint density at radius 2 is 1.62 bits per heavy atom. The summed E-state index contributed by atoms with van der Waals surface area (Å²) in [6, 6.07) is 8.05. The Labute approximate surface area is 125 Å². The number of nitrogens with two attached hydrogens (primary N) is 1. The average Bonchev–Trinajstić information content (AvgIpc) is 2.51. The summed E-state index contributed by atoms with van der Waals surface area (Å²) in [6.45, 7) is 7.76. The largest absolute Gasteiger partial charge is 0.397 e. The number of hydrogen-bond acceptors (Lipinski definition) is 5. The number of nitrogens with zero attached hydrogens (tertiary/aromatic N) is 4. The summed E-state index contributed by atoms with van der Waals surface area (Å²) in [7, 11) is 0. The lowest BCUT2D eigenvalue weighted by atomic mass is 10.2. The zero-order valence-electron chi connectivity index (χ0n) is 12.6. The van der Waals surface area contributed by atoms with Gasteiger partial charge in [0.2, 0.25) is 0 Å². The van der Waals surface area contributed by atoms with E-state index in [0.29, 0.717) is 0 Å². The minimum atomic E-state index is 0.844. The molecule has 5 nitrogen and oxygen atoms in total. The van der Waals surface area contributed by atoms with Crippen LogP contribution >= 0.6 is 0 Å². The normalized spacial score (nSPS) is 15.3. The van der Waals surface area contributed by atoms with E-state index in [0.717, 1.165) is 54.8 Å². The first-order valence-electron chi connectivity index (χ1n) is 7.30. The van der Waals surface area contributed by atoms with E-state index < -0.39 is 0 Å². The van der Waals surface area contributed by atoms with Gasteiger partial charge in [0.1, 0.15) is 5.82 Å². The molecule has 1 aromatic carbocycles. The monoisotopic (exact) mass is 283 g/mol. The Balaban J connectivity index is 1.70. The van der Waals surface area contributed by atoms with Crippen molar-refractivity contribution in [1.82, 2.24) is 9.97 Å². The van der Waals surface area contributed by atoms with Gasteiger partial charge in [0.25, 0.3) is 0 Å². The van der Waals surface area contributed by atoms with Crippen LogP contribution in [0.25, 0.3) is 0 Å². The minimum absolute atomic E-state index is 0.844. The van der Waals surface area contributed by atoms with Crippen molar-refractivity contribution < 1.29 is 0 Å². The fourth-order valence-corrected chi connectivity index (χ4v) is 2.63. The highest BCUT2D eigenvalue weighted by Crippen LogP contribution is 2.24. The molecule has 1 aliphatic heterocycles. The molecule has 0 unspecified atom stereocenters. The maximum absolute atomic E-state index is 6.06. The van der Waals surface area contributed by atoms with Crippen molar-refractivity contribution >= 4 is 17.2 Å². The highest BCUT2D eigenvalue weighted by atomic mass is 15.3. The van der Waals surface area contributed by atoms with Crippen molar-refractivity contribution in [1.29, 1.82) is 0 Å². The summed E-state index contributed by atoms with van der Waals surface area (Å²) in [4.78, 5) is 13.7. The second-order valence-electron chi connectivity index (χ2n) is 5.43. The van der Waals surface area contributed by atoms with Crippen molar-refractivity contribution in [3.8, 4) is 0 Å². The molecule has 1 aliphatic rings. The van der Waals surface area contributed by atoms with E-state index in [1.165, 1.54) is 0 Å². The summed E-state index contributed by atoms with van der Waals surface area (Å²) in [5.74, 6) is 0.971. The zero-order chi connectivity index (χ0) is 14.8. The molecule has 110 valence electrons. The van der Waals surface area contributed by atoms with Crippen LogP contribution in [0.3, 0.4) is 0 Å². The first-order valence-corrected chi connectivity index (χ1v) is 7.30. The van der Waals surface area contributed by atoms with Crippen LogP contribution in [0, 0.1) is 13.8 Å². The van der Waals surface area contributed by atoms with Crippen molar-refractivity contribution in [3.05, 3.63) is 41.9 Å². The molecule has 5 heteroatoms. The fraction of sp³-hybridized carbons (Fsp3) is 0.375. The number of para-hydroxylation sites is 2. The van der Waals surface area contributed by atoms with Gasteiger partial charge in [0.15, 0.2) is 0 Å². The number of aromatic nitrogens is 2. The lowest BCUT2D eigenvalue weighted by Gasteiger charge is -2.37. The lowest BCUT2D eigenvalue weighted by Crippen LogP contribution is -2.47. The molecule has 1 fully saturated rings. The smallest absolute Gasteiger partial charge is 0.147 e. The molecule has 0 atom stereocenters. The van der Waals surface area contributed by atoms with Crippen LogP contribution in [0.4, 0.5) is 17.2 Å². The Hall–Kier alpha value is -2.30. The number of anilines is 3. The predicted molar refractivity (Wildman–Crippen MR) is 86.8 cm³/mol. The van der Waals surface area contributed by atoms with Gasteiger partial charge in [0, 0.05) is 26.2 Å². The highest BCUT2D eigenvalue weighted by Gasteiger charge is 2.19. The fourth-order valence-electron chi connectivity index (χ4n) is 2.63. The maximum Gasteiger partial charge on any atom is 0.147 e. The topological polar surface area (TPSA) is 58.3 Å². The summed E-state index contributed by atoms with van der Waals surface area (Å²) in [5.41, 5.74) is 10.0. The molecule has 2 N–H and O–H groups in total. The van der Waals surface area contributed by atoms with Gasteiger partial charge in [-0.15, -0.1) is 0 Å². The van der Waals surface area contributed by atoms with Crippen molar-refractivity contribution in [2.24, 2.45) is 0 Å². The predicted octanol–water partition coefficient (Wildman–Crippen LogP) is 2.00. The molecule has 3 rings (SSSR count). The van der Waals surface area contributed by atoms with Crippen molar-refractivity contribution in [2.75, 3.05) is 41.7 Å². The summed E-state index contributed by atoms with van der Waals surface area (Å²) in [6.07, 6.45) is 1.87. The average molecular weight is 283 g/mol. The van der Waals surface area contributed by atoms with E-state index in [1.54, 1.807) is 0 Å². The molecule has 0 saturated carbocycles. The van der Waals surface area contributed by atoms with Crippen LogP contribution in [-0.4, -0.2) is 36.1 Å². The molecule has 0 aliphatic carbocycles. The number of rotatable bonds is 2. The van der Waals surface area contributed by atoms with Crippen LogP contribution in [0.2, 0.25) is 0 Å². The lowest BCUT2D eigenvalue weighted by molar-refractivity contribution is 0.645. The summed E-state index contributed by atoms with van der Waals surface area (Å²) in [5, 5.41) is 0. The number of benzene rings is 1. The van der Waals surface area contributed by atoms with Gasteiger partial charge in [-0.25, -0.2) is 4.98 Å². The second-order valence-corrected chi connectivity index (χ2v) is 5.43. The Morgan fingerprint density at radius 3 is 2.29 bits per heavy atom. The van der Waals surface area contributed by atoms with Gasteiger partial charge in [-0.05, 0) is 26.0 Å². The Bertz CT molecular complexity index is 632. The number of aryl methyl sites for hydroxylation is 2. The zero-order valence-corrected chi connectivity index (χ0v) is 12.6. The Kier molecular flexibility index (Phi) is 3.64. The van der Waals surface area contributed by atoms with E-state index in [4.69, 9.17) is 5.73 Å². The SMILES string of the molecule is Cc1ncc(N2CCN(c3ccccc3N)CC2)nc1C. The van der Waals surface area contributed by atoms with E-state index in [9.17, 15) is 0 Å². The molecule has 21 heavy (non-hydrogen) atoms. The van der Waals surface area contributed by atoms with Crippen LogP contribution in [0.15, 0.2) is 30.5 Å². The van der Waals surface area contributed by atoms with E-state index >= 15 is 0 Å². The highest BCUT2D eigenvalue weighted by molar-refractivity contribution is 5.67. The van der Waals surface area contributed by atoms with Crippen molar-refractivity contribution in [3.63, 3.8) is 0 Å². The molecule has 0 spiro atoms. The van der Waals surface area contributed by atoms with Crippen LogP contribution in [0.5, 0.6) is 0 Å². The molecule has 0 bridgehead atoms. The third-order valence-electron chi connectivity index (χ3n) is 4.06. The third-order valence-corrected chi connectivity index (χ3v) is 4.06. The van der Waals surface area contributed by atoms with Gasteiger partial charge in [-0.1, -0.05) is 12.1 Å². The van der Waals surface area contributed by atoms with Crippen LogP contribution < -0.4 is 15.5 Å². The van der Waals surface area contributed by atoms with Gasteiger partial charge in [-0.2, -0.15) is 0 Å². The van der Waals surface area contributed by atoms with E-state index in [1.807, 2.05) is 38.2 Å². The van der Waals surface area contributed by atoms with Gasteiger partial charge in [-0.3, -0.25) is 4.98 Å². The third kappa shape index (κ3) is 2.77. The number of hydrogen-bond donors (Lipinski definition) is 1. The Morgan fingerprint density at radius 1 is 0.952 bits per heavy atom. The van der Waals surface area contributed by atoms with Crippen LogP contribution in [-0.2, 0) is 0 Å². The quantitative estimate of drug-likeness (QED) is 0.854. The number of nitrogen functional groups attached to an aromatic ring is 1. The molecule has 0 amide bonds. The molecule has 1 aromatic heterocycles. The molecule has 1 saturated heterocycles. The minimum Gasteiger partial charge on any atom is -0.397 e. The van der Waals surface area contributed by atoms with Gasteiger partial charge >= 0.3 is 0 Å². The summed E-state index contributed by atoms with van der Waals surface area (Å²) < 4.78 is 0. The second kappa shape index (κ2) is 5.60. The van der Waals surface area contributed by atoms with E-state index in [-0.39, 0.29) is 0 Å². The maximum atomic E-state index is 6.06. The van der Waals surface area contributed by atoms with E-state index in [2.05, 4.69) is 25.8 Å². The molecular formula is C16H21N5.